The minimum absolute atomic E-state index is 0.0577. The van der Waals surface area contributed by atoms with E-state index in [1.165, 1.54) is 16.2 Å². The summed E-state index contributed by atoms with van der Waals surface area (Å²) < 4.78 is 4.89. The number of fused-ring (bicyclic) bond motifs is 1. The Morgan fingerprint density at radius 3 is 3.03 bits per heavy atom. The quantitative estimate of drug-likeness (QED) is 0.598. The Bertz CT molecular complexity index is 1080. The molecule has 1 unspecified atom stereocenters. The summed E-state index contributed by atoms with van der Waals surface area (Å²) >= 11 is 1.23. The second kappa shape index (κ2) is 8.00. The second-order valence-corrected chi connectivity index (χ2v) is 7.47. The average Bonchev–Trinajstić information content (AvgIpc) is 3.40. The molecule has 0 aliphatic carbocycles. The number of rotatable bonds is 6. The number of benzene rings is 1. The number of carbonyl (C=O) groups excluding carboxylic acids is 3. The van der Waals surface area contributed by atoms with Crippen LogP contribution in [0.25, 0.3) is 10.9 Å². The molecule has 150 valence electrons. The Hall–Kier alpha value is -3.27. The maximum absolute atomic E-state index is 12.6. The molecule has 3 aromatic rings. The molecular weight excluding hydrogens is 394 g/mol. The van der Waals surface area contributed by atoms with Crippen LogP contribution in [0, 0.1) is 5.92 Å². The molecule has 3 heterocycles. The van der Waals surface area contributed by atoms with Crippen molar-refractivity contribution in [3.63, 3.8) is 0 Å². The minimum atomic E-state index is -0.504. The van der Waals surface area contributed by atoms with Crippen LogP contribution in [-0.2, 0) is 25.5 Å². The van der Waals surface area contributed by atoms with Crippen LogP contribution in [0.1, 0.15) is 19.0 Å². The van der Waals surface area contributed by atoms with Gasteiger partial charge in [0.05, 0.1) is 30.2 Å². The number of H-pyrrole nitrogens is 1. The molecule has 2 amide bonds. The molecule has 1 atom stereocenters. The number of hydrogen-bond acceptors (Lipinski definition) is 7. The lowest BCUT2D eigenvalue weighted by molar-refractivity contribution is -0.142. The lowest BCUT2D eigenvalue weighted by Gasteiger charge is -2.13. The summed E-state index contributed by atoms with van der Waals surface area (Å²) in [5.41, 5.74) is 1.37. The highest BCUT2D eigenvalue weighted by atomic mass is 32.1. The number of nitrogens with zero attached hydrogens (tertiary/aromatic N) is 3. The molecule has 1 saturated heterocycles. The van der Waals surface area contributed by atoms with Crippen molar-refractivity contribution in [1.82, 2.24) is 15.2 Å². The van der Waals surface area contributed by atoms with Gasteiger partial charge in [0.15, 0.2) is 10.9 Å². The summed E-state index contributed by atoms with van der Waals surface area (Å²) in [6.07, 6.45) is 0.163. The molecule has 1 aliphatic rings. The van der Waals surface area contributed by atoms with Crippen LogP contribution in [0.2, 0.25) is 0 Å². The molecule has 9 nitrogen and oxygen atoms in total. The van der Waals surface area contributed by atoms with E-state index in [9.17, 15) is 14.4 Å². The van der Waals surface area contributed by atoms with E-state index in [-0.39, 0.29) is 37.2 Å². The Morgan fingerprint density at radius 2 is 2.21 bits per heavy atom. The van der Waals surface area contributed by atoms with Gasteiger partial charge in [-0.2, -0.15) is 5.10 Å². The number of amides is 2. The number of esters is 1. The number of carbonyl (C=O) groups is 3. The van der Waals surface area contributed by atoms with Gasteiger partial charge in [-0.25, -0.2) is 4.98 Å². The highest BCUT2D eigenvalue weighted by Crippen LogP contribution is 2.30. The summed E-state index contributed by atoms with van der Waals surface area (Å²) in [5, 5.41) is 12.8. The molecule has 0 spiro atoms. The molecule has 4 rings (SSSR count). The number of para-hydroxylation sites is 1. The third-order valence-corrected chi connectivity index (χ3v) is 5.42. The van der Waals surface area contributed by atoms with Gasteiger partial charge in [0, 0.05) is 23.7 Å². The Labute approximate surface area is 170 Å². The van der Waals surface area contributed by atoms with Crippen LogP contribution in [0.3, 0.4) is 0 Å². The van der Waals surface area contributed by atoms with Gasteiger partial charge in [-0.3, -0.25) is 24.4 Å². The van der Waals surface area contributed by atoms with Crippen molar-refractivity contribution in [3.8, 4) is 0 Å². The van der Waals surface area contributed by atoms with Crippen molar-refractivity contribution < 1.29 is 19.1 Å². The third-order valence-electron chi connectivity index (χ3n) is 4.61. The molecule has 2 N–H and O–H groups in total. The summed E-state index contributed by atoms with van der Waals surface area (Å²) in [4.78, 5) is 42.4. The van der Waals surface area contributed by atoms with Gasteiger partial charge in [-0.15, -0.1) is 11.3 Å². The molecule has 10 heteroatoms. The number of ether oxygens (including phenoxy) is 1. The fraction of sp³-hybridized carbons (Fsp3) is 0.316. The Morgan fingerprint density at radius 1 is 1.38 bits per heavy atom. The molecular formula is C19H19N5O4S. The number of aromatic amines is 1. The zero-order valence-corrected chi connectivity index (χ0v) is 16.5. The van der Waals surface area contributed by atoms with Crippen LogP contribution in [0.5, 0.6) is 0 Å². The summed E-state index contributed by atoms with van der Waals surface area (Å²) in [7, 11) is 0. The number of thiazole rings is 1. The van der Waals surface area contributed by atoms with Crippen LogP contribution in [-0.4, -0.2) is 46.1 Å². The van der Waals surface area contributed by atoms with Gasteiger partial charge in [0.25, 0.3) is 0 Å². The van der Waals surface area contributed by atoms with E-state index < -0.39 is 5.92 Å². The molecule has 1 fully saturated rings. The van der Waals surface area contributed by atoms with E-state index in [4.69, 9.17) is 4.74 Å². The van der Waals surface area contributed by atoms with Crippen LogP contribution >= 0.6 is 11.3 Å². The standard InChI is InChI=1S/C19H19N5O4S/c1-2-28-16(26)8-12-10-29-19(20-12)21-18(27)11-7-15(25)24(9-11)17-13-5-3-4-6-14(13)22-23-17/h3-6,10-11H,2,7-9H2,1H3,(H,22,23)(H,20,21,27). The number of anilines is 2. The molecule has 2 aromatic heterocycles. The predicted octanol–water partition coefficient (Wildman–Crippen LogP) is 2.12. The fourth-order valence-electron chi connectivity index (χ4n) is 3.26. The van der Waals surface area contributed by atoms with Gasteiger partial charge >= 0.3 is 5.97 Å². The van der Waals surface area contributed by atoms with Crippen molar-refractivity contribution >= 4 is 51.0 Å². The second-order valence-electron chi connectivity index (χ2n) is 6.61. The van der Waals surface area contributed by atoms with E-state index in [2.05, 4.69) is 20.5 Å². The Balaban J connectivity index is 1.41. The first-order valence-electron chi connectivity index (χ1n) is 9.19. The van der Waals surface area contributed by atoms with Crippen molar-refractivity contribution in [2.24, 2.45) is 5.92 Å². The average molecular weight is 413 g/mol. The first kappa shape index (κ1) is 19.1. The number of aromatic nitrogens is 3. The SMILES string of the molecule is CCOC(=O)Cc1csc(NC(=O)C2CC(=O)N(c3n[nH]c4ccccc34)C2)n1. The maximum atomic E-state index is 12.6. The zero-order chi connectivity index (χ0) is 20.4. The van der Waals surface area contributed by atoms with Crippen LogP contribution in [0.4, 0.5) is 10.9 Å². The maximum Gasteiger partial charge on any atom is 0.311 e. The van der Waals surface area contributed by atoms with Gasteiger partial charge < -0.3 is 10.1 Å². The molecule has 1 aliphatic heterocycles. The lowest BCUT2D eigenvalue weighted by Crippen LogP contribution is -2.28. The van der Waals surface area contributed by atoms with Gasteiger partial charge in [-0.05, 0) is 19.1 Å². The molecule has 1 aromatic carbocycles. The van der Waals surface area contributed by atoms with Crippen molar-refractivity contribution in [2.45, 2.75) is 19.8 Å². The molecule has 0 saturated carbocycles. The summed E-state index contributed by atoms with van der Waals surface area (Å²) in [6.45, 7) is 2.30. The summed E-state index contributed by atoms with van der Waals surface area (Å²) in [5.74, 6) is -0.761. The van der Waals surface area contributed by atoms with E-state index in [1.54, 1.807) is 12.3 Å². The Kier molecular flexibility index (Phi) is 5.26. The fourth-order valence-corrected chi connectivity index (χ4v) is 3.97. The number of nitrogens with one attached hydrogen (secondary N) is 2. The van der Waals surface area contributed by atoms with Crippen molar-refractivity contribution in [3.05, 3.63) is 35.3 Å². The van der Waals surface area contributed by atoms with Gasteiger partial charge in [-0.1, -0.05) is 12.1 Å². The first-order chi connectivity index (χ1) is 14.0. The van der Waals surface area contributed by atoms with E-state index in [0.29, 0.717) is 23.3 Å². The normalized spacial score (nSPS) is 16.4. The first-order valence-corrected chi connectivity index (χ1v) is 10.1. The molecule has 0 bridgehead atoms. The zero-order valence-electron chi connectivity index (χ0n) is 15.7. The molecule has 0 radical (unpaired) electrons. The highest BCUT2D eigenvalue weighted by Gasteiger charge is 2.37. The molecule has 29 heavy (non-hydrogen) atoms. The van der Waals surface area contributed by atoms with Crippen molar-refractivity contribution in [1.29, 1.82) is 0 Å². The largest absolute Gasteiger partial charge is 0.466 e. The van der Waals surface area contributed by atoms with Gasteiger partial charge in [0.2, 0.25) is 11.8 Å². The third kappa shape index (κ3) is 3.97. The predicted molar refractivity (Wildman–Crippen MR) is 108 cm³/mol. The number of hydrogen-bond donors (Lipinski definition) is 2. The topological polar surface area (TPSA) is 117 Å². The minimum Gasteiger partial charge on any atom is -0.466 e. The van der Waals surface area contributed by atoms with E-state index in [0.717, 1.165) is 10.9 Å². The van der Waals surface area contributed by atoms with E-state index in [1.807, 2.05) is 24.3 Å². The van der Waals surface area contributed by atoms with E-state index >= 15 is 0 Å². The van der Waals surface area contributed by atoms with Crippen LogP contribution < -0.4 is 10.2 Å². The smallest absolute Gasteiger partial charge is 0.311 e. The van der Waals surface area contributed by atoms with Crippen LogP contribution in [0.15, 0.2) is 29.6 Å². The van der Waals surface area contributed by atoms with Gasteiger partial charge in [0.1, 0.15) is 0 Å². The highest BCUT2D eigenvalue weighted by molar-refractivity contribution is 7.13. The van der Waals surface area contributed by atoms with Crippen molar-refractivity contribution in [2.75, 3.05) is 23.4 Å². The lowest BCUT2D eigenvalue weighted by atomic mass is 10.1. The monoisotopic (exact) mass is 413 g/mol. The summed E-state index contributed by atoms with van der Waals surface area (Å²) in [6, 6.07) is 7.53.